The zero-order valence-corrected chi connectivity index (χ0v) is 13.7. The maximum Gasteiger partial charge on any atom is 0.220 e. The zero-order chi connectivity index (χ0) is 14.3. The van der Waals surface area contributed by atoms with Crippen molar-refractivity contribution in [2.45, 2.75) is 43.9 Å². The summed E-state index contributed by atoms with van der Waals surface area (Å²) in [4.78, 5) is 11.9. The minimum Gasteiger partial charge on any atom is -0.355 e. The lowest BCUT2D eigenvalue weighted by molar-refractivity contribution is -0.121. The van der Waals surface area contributed by atoms with Gasteiger partial charge < -0.3 is 10.6 Å². The van der Waals surface area contributed by atoms with E-state index in [0.29, 0.717) is 6.42 Å². The van der Waals surface area contributed by atoms with Crippen molar-refractivity contribution in [3.8, 4) is 0 Å². The maximum atomic E-state index is 11.9. The third-order valence-electron chi connectivity index (χ3n) is 4.40. The van der Waals surface area contributed by atoms with E-state index in [1.54, 1.807) is 0 Å². The van der Waals surface area contributed by atoms with Gasteiger partial charge in [0.25, 0.3) is 0 Å². The minimum atomic E-state index is 0. The van der Waals surface area contributed by atoms with Crippen molar-refractivity contribution in [3.63, 3.8) is 0 Å². The molecule has 21 heavy (non-hydrogen) atoms. The number of hydrogen-bond acceptors (Lipinski definition) is 2. The van der Waals surface area contributed by atoms with Crippen LogP contribution in [0.1, 0.15) is 44.1 Å². The lowest BCUT2D eigenvalue weighted by Gasteiger charge is -2.30. The van der Waals surface area contributed by atoms with E-state index >= 15 is 0 Å². The molecule has 1 saturated carbocycles. The van der Waals surface area contributed by atoms with Crippen LogP contribution in [0.4, 0.5) is 0 Å². The Kier molecular flexibility index (Phi) is 7.76. The molecule has 0 bridgehead atoms. The molecule has 0 spiro atoms. The second kappa shape index (κ2) is 9.06. The first kappa shape index (κ1) is 18.0. The topological polar surface area (TPSA) is 41.1 Å². The molecule has 1 fully saturated rings. The van der Waals surface area contributed by atoms with Crippen LogP contribution in [0.15, 0.2) is 30.3 Å². The van der Waals surface area contributed by atoms with E-state index in [0.717, 1.165) is 19.5 Å². The molecule has 1 aliphatic carbocycles. The van der Waals surface area contributed by atoms with E-state index in [4.69, 9.17) is 0 Å². The van der Waals surface area contributed by atoms with Crippen LogP contribution in [-0.4, -0.2) is 26.0 Å². The van der Waals surface area contributed by atoms with Gasteiger partial charge in [-0.05, 0) is 38.4 Å². The van der Waals surface area contributed by atoms with E-state index in [2.05, 4.69) is 41.0 Å². The van der Waals surface area contributed by atoms with Crippen molar-refractivity contribution < 1.29 is 4.79 Å². The van der Waals surface area contributed by atoms with E-state index in [9.17, 15) is 4.79 Å². The fraction of sp³-hybridized carbons (Fsp3) is 0.588. The van der Waals surface area contributed by atoms with E-state index in [1.807, 2.05) is 7.05 Å². The Hall–Kier alpha value is -1.06. The van der Waals surface area contributed by atoms with Gasteiger partial charge in [-0.15, -0.1) is 12.4 Å². The number of rotatable bonds is 7. The molecule has 0 heterocycles. The van der Waals surface area contributed by atoms with Crippen LogP contribution >= 0.6 is 12.4 Å². The fourth-order valence-electron chi connectivity index (χ4n) is 3.19. The summed E-state index contributed by atoms with van der Waals surface area (Å²) in [6.07, 6.45) is 6.43. The summed E-state index contributed by atoms with van der Waals surface area (Å²) in [6.45, 7) is 1.69. The zero-order valence-electron chi connectivity index (χ0n) is 12.9. The summed E-state index contributed by atoms with van der Waals surface area (Å²) in [6, 6.07) is 10.7. The monoisotopic (exact) mass is 310 g/mol. The molecule has 0 unspecified atom stereocenters. The van der Waals surface area contributed by atoms with Gasteiger partial charge in [0.05, 0.1) is 0 Å². The number of benzene rings is 1. The Morgan fingerprint density at radius 2 is 1.86 bits per heavy atom. The molecule has 0 atom stereocenters. The third-order valence-corrected chi connectivity index (χ3v) is 4.40. The molecule has 0 radical (unpaired) electrons. The molecule has 1 aliphatic rings. The highest BCUT2D eigenvalue weighted by atomic mass is 35.5. The predicted molar refractivity (Wildman–Crippen MR) is 90.0 cm³/mol. The quantitative estimate of drug-likeness (QED) is 0.760. The van der Waals surface area contributed by atoms with Gasteiger partial charge in [0.2, 0.25) is 5.91 Å². The fourth-order valence-corrected chi connectivity index (χ4v) is 3.19. The molecule has 1 aromatic carbocycles. The SMILES string of the molecule is CNCCCC(=O)NCC1(c2ccccc2)CCCC1.Cl. The van der Waals surface area contributed by atoms with Gasteiger partial charge in [0.15, 0.2) is 0 Å². The van der Waals surface area contributed by atoms with Gasteiger partial charge in [-0.1, -0.05) is 43.2 Å². The van der Waals surface area contributed by atoms with Crippen molar-refractivity contribution in [3.05, 3.63) is 35.9 Å². The molecule has 0 aromatic heterocycles. The minimum absolute atomic E-state index is 0. The highest BCUT2D eigenvalue weighted by Gasteiger charge is 2.35. The van der Waals surface area contributed by atoms with Gasteiger partial charge in [-0.25, -0.2) is 0 Å². The van der Waals surface area contributed by atoms with Crippen LogP contribution in [0.25, 0.3) is 0 Å². The Labute approximate surface area is 134 Å². The number of hydrogen-bond donors (Lipinski definition) is 2. The third kappa shape index (κ3) is 5.01. The molecule has 2 N–H and O–H groups in total. The van der Waals surface area contributed by atoms with Crippen LogP contribution in [0, 0.1) is 0 Å². The smallest absolute Gasteiger partial charge is 0.220 e. The highest BCUT2D eigenvalue weighted by molar-refractivity contribution is 5.85. The van der Waals surface area contributed by atoms with Gasteiger partial charge in [0, 0.05) is 18.4 Å². The van der Waals surface area contributed by atoms with Gasteiger partial charge in [0.1, 0.15) is 0 Å². The highest BCUT2D eigenvalue weighted by Crippen LogP contribution is 2.40. The number of carbonyl (C=O) groups is 1. The number of carbonyl (C=O) groups excluding carboxylic acids is 1. The number of nitrogens with one attached hydrogen (secondary N) is 2. The van der Waals surface area contributed by atoms with E-state index in [-0.39, 0.29) is 23.7 Å². The largest absolute Gasteiger partial charge is 0.355 e. The summed E-state index contributed by atoms with van der Waals surface area (Å²) in [5, 5.41) is 6.23. The summed E-state index contributed by atoms with van der Waals surface area (Å²) < 4.78 is 0. The summed E-state index contributed by atoms with van der Waals surface area (Å²) >= 11 is 0. The number of halogens is 1. The average Bonchev–Trinajstić information content (AvgIpc) is 2.97. The Morgan fingerprint density at radius 1 is 1.19 bits per heavy atom. The summed E-state index contributed by atoms with van der Waals surface area (Å²) in [5.74, 6) is 0.183. The van der Waals surface area contributed by atoms with Crippen molar-refractivity contribution in [1.82, 2.24) is 10.6 Å². The van der Waals surface area contributed by atoms with Crippen LogP contribution in [0.3, 0.4) is 0 Å². The first-order valence-corrected chi connectivity index (χ1v) is 7.74. The predicted octanol–water partition coefficient (Wildman–Crippen LogP) is 3.04. The van der Waals surface area contributed by atoms with Crippen LogP contribution in [-0.2, 0) is 10.2 Å². The Balaban J connectivity index is 0.00000220. The molecule has 1 amide bonds. The molecule has 0 saturated heterocycles. The summed E-state index contributed by atoms with van der Waals surface area (Å²) in [5.41, 5.74) is 1.55. The van der Waals surface area contributed by atoms with Crippen molar-refractivity contribution in [1.29, 1.82) is 0 Å². The maximum absolute atomic E-state index is 11.9. The van der Waals surface area contributed by atoms with Crippen LogP contribution in [0.2, 0.25) is 0 Å². The molecular formula is C17H27ClN2O. The van der Waals surface area contributed by atoms with E-state index < -0.39 is 0 Å². The second-order valence-electron chi connectivity index (χ2n) is 5.84. The first-order valence-electron chi connectivity index (χ1n) is 7.74. The second-order valence-corrected chi connectivity index (χ2v) is 5.84. The van der Waals surface area contributed by atoms with Crippen LogP contribution in [0.5, 0.6) is 0 Å². The normalized spacial score (nSPS) is 16.2. The van der Waals surface area contributed by atoms with Crippen molar-refractivity contribution in [2.75, 3.05) is 20.1 Å². The average molecular weight is 311 g/mol. The summed E-state index contributed by atoms with van der Waals surface area (Å²) in [7, 11) is 1.92. The lowest BCUT2D eigenvalue weighted by atomic mass is 9.79. The molecule has 2 rings (SSSR count). The van der Waals surface area contributed by atoms with Crippen LogP contribution < -0.4 is 10.6 Å². The molecule has 118 valence electrons. The molecule has 0 aliphatic heterocycles. The molecule has 3 nitrogen and oxygen atoms in total. The number of amides is 1. The molecular weight excluding hydrogens is 284 g/mol. The van der Waals surface area contributed by atoms with Gasteiger partial charge >= 0.3 is 0 Å². The Bertz CT molecular complexity index is 416. The Morgan fingerprint density at radius 3 is 2.48 bits per heavy atom. The first-order chi connectivity index (χ1) is 9.77. The van der Waals surface area contributed by atoms with E-state index in [1.165, 1.54) is 31.2 Å². The standard InChI is InChI=1S/C17H26N2O.ClH/c1-18-13-7-10-16(20)19-14-17(11-5-6-12-17)15-8-3-2-4-9-15;/h2-4,8-9,18H,5-7,10-14H2,1H3,(H,19,20);1H. The van der Waals surface area contributed by atoms with Gasteiger partial charge in [-0.2, -0.15) is 0 Å². The van der Waals surface area contributed by atoms with Crippen molar-refractivity contribution in [2.24, 2.45) is 0 Å². The molecule has 1 aromatic rings. The lowest BCUT2D eigenvalue weighted by Crippen LogP contribution is -2.39. The molecule has 4 heteroatoms. The van der Waals surface area contributed by atoms with Crippen molar-refractivity contribution >= 4 is 18.3 Å². The van der Waals surface area contributed by atoms with Gasteiger partial charge in [-0.3, -0.25) is 4.79 Å².